The van der Waals surface area contributed by atoms with Gasteiger partial charge in [-0.15, -0.1) is 0 Å². The second-order valence-corrected chi connectivity index (χ2v) is 7.05. The summed E-state index contributed by atoms with van der Waals surface area (Å²) in [6.07, 6.45) is 0. The van der Waals surface area contributed by atoms with E-state index in [4.69, 9.17) is 22.1 Å². The number of halogens is 2. The highest BCUT2D eigenvalue weighted by molar-refractivity contribution is 6.30. The monoisotopic (exact) mass is 428 g/mol. The van der Waals surface area contributed by atoms with Gasteiger partial charge in [0.05, 0.1) is 25.3 Å². The molecule has 1 aliphatic heterocycles. The van der Waals surface area contributed by atoms with E-state index >= 15 is 0 Å². The zero-order valence-electron chi connectivity index (χ0n) is 16.3. The molecule has 156 valence electrons. The van der Waals surface area contributed by atoms with E-state index in [9.17, 15) is 9.18 Å². The van der Waals surface area contributed by atoms with Crippen molar-refractivity contribution in [3.63, 3.8) is 0 Å². The number of hydrogen-bond donors (Lipinski definition) is 2. The van der Waals surface area contributed by atoms with E-state index in [0.717, 1.165) is 18.7 Å². The molecule has 3 N–H and O–H groups in total. The van der Waals surface area contributed by atoms with Gasteiger partial charge in [-0.1, -0.05) is 47.7 Å². The van der Waals surface area contributed by atoms with Crippen molar-refractivity contribution in [2.45, 2.75) is 6.04 Å². The standard InChI is InChI=1S/C22H22ClFN4O2/c23-17-9-7-16(8-10-17)20(6-3-11-28-12-14-30-15-13-28)26-22(25)27-21(29)18-4-1-2-5-19(18)24/h1-2,4-5,7-10,20H,11-15H2,(H3,25,26,27,29). The average Bonchev–Trinajstić information content (AvgIpc) is 2.74. The number of nitrogens with one attached hydrogen (secondary N) is 1. The molecule has 0 bridgehead atoms. The number of nitrogens with zero attached hydrogens (tertiary/aromatic N) is 2. The van der Waals surface area contributed by atoms with Gasteiger partial charge in [0.2, 0.25) is 0 Å². The zero-order chi connectivity index (χ0) is 21.3. The van der Waals surface area contributed by atoms with Crippen molar-refractivity contribution in [3.8, 4) is 11.8 Å². The molecule has 0 aromatic heterocycles. The van der Waals surface area contributed by atoms with Gasteiger partial charge in [0, 0.05) is 18.1 Å². The predicted octanol–water partition coefficient (Wildman–Crippen LogP) is 2.60. The topological polar surface area (TPSA) is 79.9 Å². The lowest BCUT2D eigenvalue weighted by Gasteiger charge is -2.24. The van der Waals surface area contributed by atoms with Gasteiger partial charge in [-0.25, -0.2) is 9.38 Å². The number of carbonyl (C=O) groups excluding carboxylic acids is 1. The highest BCUT2D eigenvalue weighted by Gasteiger charge is 2.14. The second-order valence-electron chi connectivity index (χ2n) is 6.61. The summed E-state index contributed by atoms with van der Waals surface area (Å²) in [7, 11) is 0. The summed E-state index contributed by atoms with van der Waals surface area (Å²) < 4.78 is 19.1. The summed E-state index contributed by atoms with van der Waals surface area (Å²) in [5.74, 6) is 4.75. The van der Waals surface area contributed by atoms with Gasteiger partial charge in [-0.05, 0) is 29.8 Å². The van der Waals surface area contributed by atoms with Crippen LogP contribution in [0.25, 0.3) is 0 Å². The summed E-state index contributed by atoms with van der Waals surface area (Å²) in [6.45, 7) is 3.60. The molecule has 1 saturated heterocycles. The molecular formula is C22H22ClFN4O2. The largest absolute Gasteiger partial charge is 0.379 e. The minimum Gasteiger partial charge on any atom is -0.379 e. The average molecular weight is 429 g/mol. The third kappa shape index (κ3) is 6.29. The van der Waals surface area contributed by atoms with E-state index in [1.165, 1.54) is 18.2 Å². The Morgan fingerprint density at radius 2 is 1.93 bits per heavy atom. The second kappa shape index (κ2) is 10.7. The van der Waals surface area contributed by atoms with Crippen LogP contribution in [0, 0.1) is 17.7 Å². The Morgan fingerprint density at radius 1 is 1.23 bits per heavy atom. The number of rotatable bonds is 4. The maximum Gasteiger partial charge on any atom is 0.260 e. The Bertz CT molecular complexity index is 963. The Kier molecular flexibility index (Phi) is 7.80. The normalized spacial score (nSPS) is 15.7. The van der Waals surface area contributed by atoms with E-state index in [-0.39, 0.29) is 11.5 Å². The van der Waals surface area contributed by atoms with Crippen molar-refractivity contribution in [3.05, 3.63) is 70.5 Å². The number of amides is 1. The molecule has 1 fully saturated rings. The summed E-state index contributed by atoms with van der Waals surface area (Å²) in [5, 5.41) is 3.00. The SMILES string of the molecule is NC(=NC(C#CCN1CCOCC1)c1ccc(Cl)cc1)NC(=O)c1ccccc1F. The van der Waals surface area contributed by atoms with E-state index < -0.39 is 17.8 Å². The highest BCUT2D eigenvalue weighted by Crippen LogP contribution is 2.19. The molecule has 0 spiro atoms. The number of benzene rings is 2. The molecule has 1 atom stereocenters. The molecule has 1 amide bonds. The molecule has 2 aromatic rings. The molecule has 1 aliphatic rings. The third-order valence-electron chi connectivity index (χ3n) is 4.46. The Hall–Kier alpha value is -2.92. The fraction of sp³-hybridized carbons (Fsp3) is 0.273. The number of morpholine rings is 1. The Morgan fingerprint density at radius 3 is 2.63 bits per heavy atom. The van der Waals surface area contributed by atoms with Crippen molar-refractivity contribution in [1.29, 1.82) is 0 Å². The third-order valence-corrected chi connectivity index (χ3v) is 4.71. The maximum atomic E-state index is 13.8. The van der Waals surface area contributed by atoms with Gasteiger partial charge >= 0.3 is 0 Å². The van der Waals surface area contributed by atoms with Gasteiger partial charge in [0.15, 0.2) is 5.96 Å². The zero-order valence-corrected chi connectivity index (χ0v) is 17.0. The van der Waals surface area contributed by atoms with Gasteiger partial charge < -0.3 is 10.5 Å². The van der Waals surface area contributed by atoms with Crippen LogP contribution in [0.4, 0.5) is 4.39 Å². The number of ether oxygens (including phenoxy) is 1. The quantitative estimate of drug-likeness (QED) is 0.445. The number of aliphatic imine (C=N–C) groups is 1. The Balaban J connectivity index is 1.76. The molecule has 3 rings (SSSR count). The van der Waals surface area contributed by atoms with E-state index in [2.05, 4.69) is 27.0 Å². The van der Waals surface area contributed by atoms with Crippen LogP contribution in [-0.4, -0.2) is 49.6 Å². The first-order valence-corrected chi connectivity index (χ1v) is 9.84. The van der Waals surface area contributed by atoms with Gasteiger partial charge in [-0.2, -0.15) is 0 Å². The van der Waals surface area contributed by atoms with Crippen molar-refractivity contribution in [2.24, 2.45) is 10.7 Å². The van der Waals surface area contributed by atoms with Crippen molar-refractivity contribution >= 4 is 23.5 Å². The van der Waals surface area contributed by atoms with Crippen molar-refractivity contribution in [2.75, 3.05) is 32.8 Å². The van der Waals surface area contributed by atoms with Crippen LogP contribution in [0.3, 0.4) is 0 Å². The fourth-order valence-electron chi connectivity index (χ4n) is 2.85. The Labute approximate surface area is 179 Å². The van der Waals surface area contributed by atoms with Crippen molar-refractivity contribution < 1.29 is 13.9 Å². The van der Waals surface area contributed by atoms with Crippen LogP contribution < -0.4 is 11.1 Å². The van der Waals surface area contributed by atoms with Crippen LogP contribution in [0.15, 0.2) is 53.5 Å². The first-order valence-electron chi connectivity index (χ1n) is 9.46. The molecule has 1 heterocycles. The number of guanidine groups is 1. The smallest absolute Gasteiger partial charge is 0.260 e. The molecule has 2 aromatic carbocycles. The predicted molar refractivity (Wildman–Crippen MR) is 115 cm³/mol. The van der Waals surface area contributed by atoms with Gasteiger partial charge in [0.25, 0.3) is 5.91 Å². The molecule has 8 heteroatoms. The van der Waals surface area contributed by atoms with Crippen LogP contribution >= 0.6 is 11.6 Å². The number of hydrogen-bond acceptors (Lipinski definition) is 4. The first-order chi connectivity index (χ1) is 14.5. The molecule has 0 saturated carbocycles. The van der Waals surface area contributed by atoms with E-state index in [0.29, 0.717) is 24.8 Å². The van der Waals surface area contributed by atoms with Crippen molar-refractivity contribution in [1.82, 2.24) is 10.2 Å². The molecule has 6 nitrogen and oxygen atoms in total. The lowest BCUT2D eigenvalue weighted by atomic mass is 10.1. The number of nitrogens with two attached hydrogens (primary N) is 1. The minimum atomic E-state index is -0.675. The molecule has 0 aliphatic carbocycles. The number of carbonyl (C=O) groups is 1. The molecular weight excluding hydrogens is 407 g/mol. The summed E-state index contributed by atoms with van der Waals surface area (Å²) in [4.78, 5) is 18.8. The lowest BCUT2D eigenvalue weighted by Crippen LogP contribution is -2.37. The lowest BCUT2D eigenvalue weighted by molar-refractivity contribution is 0.0443. The van der Waals surface area contributed by atoms with Gasteiger partial charge in [-0.3, -0.25) is 15.0 Å². The minimum absolute atomic E-state index is 0.114. The summed E-state index contributed by atoms with van der Waals surface area (Å²) in [5.41, 5.74) is 6.58. The van der Waals surface area contributed by atoms with Crippen LogP contribution in [-0.2, 0) is 4.74 Å². The summed E-state index contributed by atoms with van der Waals surface area (Å²) in [6, 6.07) is 12.1. The van der Waals surface area contributed by atoms with Crippen LogP contribution in [0.2, 0.25) is 5.02 Å². The highest BCUT2D eigenvalue weighted by atomic mass is 35.5. The van der Waals surface area contributed by atoms with Crippen LogP contribution in [0.5, 0.6) is 0 Å². The molecule has 30 heavy (non-hydrogen) atoms. The first kappa shape index (κ1) is 21.8. The van der Waals surface area contributed by atoms with Gasteiger partial charge in [0.1, 0.15) is 11.9 Å². The summed E-state index contributed by atoms with van der Waals surface area (Å²) >= 11 is 5.97. The molecule has 1 unspecified atom stereocenters. The van der Waals surface area contributed by atoms with E-state index in [1.54, 1.807) is 30.3 Å². The molecule has 0 radical (unpaired) electrons. The van der Waals surface area contributed by atoms with E-state index in [1.807, 2.05) is 0 Å². The maximum absolute atomic E-state index is 13.8. The van der Waals surface area contributed by atoms with Crippen LogP contribution in [0.1, 0.15) is 22.0 Å². The fourth-order valence-corrected chi connectivity index (χ4v) is 2.97.